The van der Waals surface area contributed by atoms with Gasteiger partial charge in [-0.2, -0.15) is 0 Å². The van der Waals surface area contributed by atoms with Crippen LogP contribution in [-0.4, -0.2) is 39.1 Å². The van der Waals surface area contributed by atoms with Crippen molar-refractivity contribution < 1.29 is 19.2 Å². The van der Waals surface area contributed by atoms with Crippen molar-refractivity contribution in [2.24, 2.45) is 5.92 Å². The van der Waals surface area contributed by atoms with Crippen molar-refractivity contribution in [2.75, 3.05) is 18.0 Å². The largest absolute Gasteiger partial charge is 0.481 e. The van der Waals surface area contributed by atoms with E-state index < -0.39 is 22.6 Å². The summed E-state index contributed by atoms with van der Waals surface area (Å²) in [6.07, 6.45) is 1.95. The summed E-state index contributed by atoms with van der Waals surface area (Å²) in [4.78, 5) is 32.4. The molecule has 1 aliphatic heterocycles. The lowest BCUT2D eigenvalue weighted by Crippen LogP contribution is -2.37. The van der Waals surface area contributed by atoms with E-state index in [9.17, 15) is 24.4 Å². The molecule has 158 valence electrons. The lowest BCUT2D eigenvalue weighted by atomic mass is 9.97. The summed E-state index contributed by atoms with van der Waals surface area (Å²) in [6, 6.07) is 13.4. The Morgan fingerprint density at radius 3 is 2.42 bits per heavy atom. The van der Waals surface area contributed by atoms with Gasteiger partial charge in [0.2, 0.25) is 5.82 Å². The maximum absolute atomic E-state index is 14.8. The van der Waals surface area contributed by atoms with Gasteiger partial charge in [-0.3, -0.25) is 14.9 Å². The quantitative estimate of drug-likeness (QED) is 0.486. The molecule has 0 amide bonds. The smallest absolute Gasteiger partial charge is 0.337 e. The predicted octanol–water partition coefficient (Wildman–Crippen LogP) is 4.16. The van der Waals surface area contributed by atoms with Crippen molar-refractivity contribution in [3.63, 3.8) is 0 Å². The lowest BCUT2D eigenvalue weighted by Gasteiger charge is -2.30. The highest BCUT2D eigenvalue weighted by Crippen LogP contribution is 2.37. The summed E-state index contributed by atoms with van der Waals surface area (Å²) in [6.45, 7) is 0.658. The Labute approximate surface area is 177 Å². The standard InChI is InChI=1S/C22H19FN4O4/c23-18-12-16(6-7-17(18)14-4-2-1-3-5-14)19-20(27(30)31)21(25-13-24-19)26-10-8-15(9-11-26)22(28)29/h1-7,12-13,15H,8-11H2,(H,28,29). The third kappa shape index (κ3) is 4.07. The maximum atomic E-state index is 14.8. The molecule has 1 saturated heterocycles. The van der Waals surface area contributed by atoms with Crippen LogP contribution in [0.1, 0.15) is 12.8 Å². The highest BCUT2D eigenvalue weighted by atomic mass is 19.1. The van der Waals surface area contributed by atoms with Crippen LogP contribution >= 0.6 is 0 Å². The zero-order valence-corrected chi connectivity index (χ0v) is 16.4. The first kappa shape index (κ1) is 20.4. The minimum atomic E-state index is -0.869. The Bertz CT molecular complexity index is 1130. The lowest BCUT2D eigenvalue weighted by molar-refractivity contribution is -0.383. The second-order valence-corrected chi connectivity index (χ2v) is 7.31. The van der Waals surface area contributed by atoms with Crippen molar-refractivity contribution >= 4 is 17.5 Å². The fourth-order valence-electron chi connectivity index (χ4n) is 3.83. The van der Waals surface area contributed by atoms with Crippen molar-refractivity contribution in [1.29, 1.82) is 0 Å². The second-order valence-electron chi connectivity index (χ2n) is 7.31. The van der Waals surface area contributed by atoms with Gasteiger partial charge in [-0.1, -0.05) is 42.5 Å². The Kier molecular flexibility index (Phi) is 5.57. The topological polar surface area (TPSA) is 109 Å². The van der Waals surface area contributed by atoms with Crippen molar-refractivity contribution in [2.45, 2.75) is 12.8 Å². The van der Waals surface area contributed by atoms with Crippen LogP contribution in [0.15, 0.2) is 54.9 Å². The minimum absolute atomic E-state index is 0.0221. The van der Waals surface area contributed by atoms with Gasteiger partial charge < -0.3 is 10.0 Å². The number of nitrogens with zero attached hydrogens (tertiary/aromatic N) is 4. The molecule has 4 rings (SSSR count). The van der Waals surface area contributed by atoms with Gasteiger partial charge in [0.15, 0.2) is 5.69 Å². The van der Waals surface area contributed by atoms with Crippen LogP contribution in [0.5, 0.6) is 0 Å². The fraction of sp³-hybridized carbons (Fsp3) is 0.227. The van der Waals surface area contributed by atoms with Crippen LogP contribution in [-0.2, 0) is 4.79 Å². The van der Waals surface area contributed by atoms with E-state index in [1.807, 2.05) is 6.07 Å². The fourth-order valence-corrected chi connectivity index (χ4v) is 3.83. The Morgan fingerprint density at radius 1 is 1.10 bits per heavy atom. The summed E-state index contributed by atoms with van der Waals surface area (Å²) in [5, 5.41) is 21.1. The van der Waals surface area contributed by atoms with Crippen LogP contribution in [0.2, 0.25) is 0 Å². The van der Waals surface area contributed by atoms with E-state index in [0.717, 1.165) is 0 Å². The van der Waals surface area contributed by atoms with E-state index in [-0.39, 0.29) is 22.8 Å². The zero-order chi connectivity index (χ0) is 22.0. The van der Waals surface area contributed by atoms with Crippen molar-refractivity contribution in [3.05, 3.63) is 70.8 Å². The van der Waals surface area contributed by atoms with Crippen LogP contribution in [0, 0.1) is 21.8 Å². The first-order chi connectivity index (χ1) is 15.0. The molecule has 3 aromatic rings. The molecule has 31 heavy (non-hydrogen) atoms. The number of hydrogen-bond acceptors (Lipinski definition) is 6. The number of anilines is 1. The molecular weight excluding hydrogens is 403 g/mol. The Morgan fingerprint density at radius 2 is 1.81 bits per heavy atom. The molecule has 1 aliphatic rings. The van der Waals surface area contributed by atoms with Gasteiger partial charge in [0.25, 0.3) is 0 Å². The Balaban J connectivity index is 1.71. The number of aliphatic carboxylic acids is 1. The number of piperidine rings is 1. The molecule has 2 heterocycles. The van der Waals surface area contributed by atoms with Gasteiger partial charge in [-0.25, -0.2) is 14.4 Å². The first-order valence-corrected chi connectivity index (χ1v) is 9.78. The molecule has 0 bridgehead atoms. The highest BCUT2D eigenvalue weighted by Gasteiger charge is 2.32. The summed E-state index contributed by atoms with van der Waals surface area (Å²) in [5.41, 5.74) is 1.06. The van der Waals surface area contributed by atoms with Crippen molar-refractivity contribution in [1.82, 2.24) is 9.97 Å². The molecular formula is C22H19FN4O4. The van der Waals surface area contributed by atoms with Crippen LogP contribution < -0.4 is 4.90 Å². The molecule has 9 heteroatoms. The van der Waals surface area contributed by atoms with E-state index in [1.165, 1.54) is 12.4 Å². The van der Waals surface area contributed by atoms with Gasteiger partial charge >= 0.3 is 11.7 Å². The number of aromatic nitrogens is 2. The van der Waals surface area contributed by atoms with Crippen LogP contribution in [0.3, 0.4) is 0 Å². The average molecular weight is 422 g/mol. The number of benzene rings is 2. The van der Waals surface area contributed by atoms with E-state index in [0.29, 0.717) is 37.1 Å². The monoisotopic (exact) mass is 422 g/mol. The normalized spacial score (nSPS) is 14.4. The van der Waals surface area contributed by atoms with Crippen molar-refractivity contribution in [3.8, 4) is 22.4 Å². The number of carboxylic acids is 1. The number of nitro groups is 1. The zero-order valence-electron chi connectivity index (χ0n) is 16.4. The maximum Gasteiger partial charge on any atom is 0.337 e. The van der Waals surface area contributed by atoms with E-state index in [2.05, 4.69) is 9.97 Å². The SMILES string of the molecule is O=C(O)C1CCN(c2ncnc(-c3ccc(-c4ccccc4)c(F)c3)c2[N+](=O)[O-])CC1. The molecule has 1 fully saturated rings. The molecule has 8 nitrogen and oxygen atoms in total. The van der Waals surface area contributed by atoms with Gasteiger partial charge in [0, 0.05) is 24.2 Å². The summed E-state index contributed by atoms with van der Waals surface area (Å²) in [5.74, 6) is -1.74. The van der Waals surface area contributed by atoms with E-state index >= 15 is 0 Å². The molecule has 0 aliphatic carbocycles. The van der Waals surface area contributed by atoms with Crippen LogP contribution in [0.4, 0.5) is 15.9 Å². The number of carboxylic acid groups (broad SMARTS) is 1. The van der Waals surface area contributed by atoms with Crippen LogP contribution in [0.25, 0.3) is 22.4 Å². The molecule has 2 aromatic carbocycles. The third-order valence-corrected chi connectivity index (χ3v) is 5.46. The highest BCUT2D eigenvalue weighted by molar-refractivity contribution is 5.79. The summed E-state index contributed by atoms with van der Waals surface area (Å²) in [7, 11) is 0. The number of carbonyl (C=O) groups is 1. The van der Waals surface area contributed by atoms with Gasteiger partial charge in [-0.05, 0) is 24.5 Å². The minimum Gasteiger partial charge on any atom is -0.481 e. The van der Waals surface area contributed by atoms with E-state index in [4.69, 9.17) is 0 Å². The Hall–Kier alpha value is -3.88. The van der Waals surface area contributed by atoms with E-state index in [1.54, 1.807) is 41.3 Å². The molecule has 0 saturated carbocycles. The molecule has 0 spiro atoms. The number of hydrogen-bond donors (Lipinski definition) is 1. The molecule has 1 N–H and O–H groups in total. The third-order valence-electron chi connectivity index (χ3n) is 5.46. The molecule has 0 unspecified atom stereocenters. The second kappa shape index (κ2) is 8.47. The number of rotatable bonds is 5. The summed E-state index contributed by atoms with van der Waals surface area (Å²) < 4.78 is 14.8. The molecule has 1 aromatic heterocycles. The predicted molar refractivity (Wildman–Crippen MR) is 112 cm³/mol. The van der Waals surface area contributed by atoms with Gasteiger partial charge in [0.05, 0.1) is 10.8 Å². The van der Waals surface area contributed by atoms with Gasteiger partial charge in [-0.15, -0.1) is 0 Å². The number of halogens is 1. The average Bonchev–Trinajstić information content (AvgIpc) is 2.79. The van der Waals surface area contributed by atoms with Gasteiger partial charge in [0.1, 0.15) is 12.1 Å². The summed E-state index contributed by atoms with van der Waals surface area (Å²) >= 11 is 0. The first-order valence-electron chi connectivity index (χ1n) is 9.78. The molecule has 0 atom stereocenters. The molecule has 0 radical (unpaired) electrons.